The molecule has 1 atom stereocenters. The topological polar surface area (TPSA) is 66.0 Å². The van der Waals surface area contributed by atoms with Crippen LogP contribution in [0, 0.1) is 0 Å². The van der Waals surface area contributed by atoms with Crippen molar-refractivity contribution in [3.63, 3.8) is 0 Å². The highest BCUT2D eigenvalue weighted by atomic mass is 16.5. The maximum absolute atomic E-state index is 6.05. The van der Waals surface area contributed by atoms with Crippen LogP contribution in [0.1, 0.15) is 37.1 Å². The molecule has 1 heterocycles. The summed E-state index contributed by atoms with van der Waals surface area (Å²) in [7, 11) is 1.68. The number of hydrogen-bond donors (Lipinski definition) is 1. The van der Waals surface area contributed by atoms with Crippen LogP contribution < -0.4 is 5.73 Å². The van der Waals surface area contributed by atoms with E-state index in [9.17, 15) is 0 Å². The van der Waals surface area contributed by atoms with Gasteiger partial charge in [0.05, 0.1) is 30.2 Å². The van der Waals surface area contributed by atoms with Crippen LogP contribution in [0.4, 0.5) is 0 Å². The van der Waals surface area contributed by atoms with Gasteiger partial charge in [0, 0.05) is 12.7 Å². The summed E-state index contributed by atoms with van der Waals surface area (Å²) in [4.78, 5) is 0. The van der Waals surface area contributed by atoms with Crippen LogP contribution in [-0.4, -0.2) is 22.1 Å². The molecule has 0 saturated heterocycles. The zero-order valence-electron chi connectivity index (χ0n) is 11.4. The molecule has 102 valence electrons. The lowest BCUT2D eigenvalue weighted by atomic mass is 10.1. The van der Waals surface area contributed by atoms with E-state index in [2.05, 4.69) is 17.2 Å². The summed E-state index contributed by atoms with van der Waals surface area (Å²) in [6.07, 6.45) is 3.85. The first-order valence-corrected chi connectivity index (χ1v) is 6.51. The zero-order valence-corrected chi connectivity index (χ0v) is 11.4. The summed E-state index contributed by atoms with van der Waals surface area (Å²) in [5, 5.41) is 8.32. The van der Waals surface area contributed by atoms with Gasteiger partial charge in [0.15, 0.2) is 0 Å². The molecule has 0 bridgehead atoms. The van der Waals surface area contributed by atoms with Crippen molar-refractivity contribution in [2.24, 2.45) is 5.73 Å². The van der Waals surface area contributed by atoms with Crippen molar-refractivity contribution < 1.29 is 4.74 Å². The maximum atomic E-state index is 6.05. The summed E-state index contributed by atoms with van der Waals surface area (Å²) < 4.78 is 6.96. The third-order valence-electron chi connectivity index (χ3n) is 3.03. The molecular formula is C14H20N4O. The Morgan fingerprint density at radius 1 is 1.37 bits per heavy atom. The predicted molar refractivity (Wildman–Crippen MR) is 73.9 cm³/mol. The standard InChI is InChI=1S/C14H20N4O/c1-3-6-12(15)13-9-18(17-16-13)14-8-5-4-7-11(14)10-19-2/h4-5,7-9,12H,3,6,10,15H2,1-2H3. The molecule has 0 fully saturated rings. The fraction of sp³-hybridized carbons (Fsp3) is 0.429. The van der Waals surface area contributed by atoms with E-state index in [1.54, 1.807) is 11.8 Å². The van der Waals surface area contributed by atoms with Gasteiger partial charge >= 0.3 is 0 Å². The van der Waals surface area contributed by atoms with E-state index in [-0.39, 0.29) is 6.04 Å². The quantitative estimate of drug-likeness (QED) is 0.864. The largest absolute Gasteiger partial charge is 0.380 e. The molecule has 0 saturated carbocycles. The summed E-state index contributed by atoms with van der Waals surface area (Å²) in [5.74, 6) is 0. The maximum Gasteiger partial charge on any atom is 0.0998 e. The molecule has 5 nitrogen and oxygen atoms in total. The van der Waals surface area contributed by atoms with Gasteiger partial charge in [-0.05, 0) is 12.5 Å². The molecule has 2 rings (SSSR count). The molecule has 0 aliphatic heterocycles. The van der Waals surface area contributed by atoms with Gasteiger partial charge in [-0.25, -0.2) is 4.68 Å². The van der Waals surface area contributed by atoms with Crippen molar-refractivity contribution in [3.05, 3.63) is 41.7 Å². The number of rotatable bonds is 6. The second kappa shape index (κ2) is 6.45. The van der Waals surface area contributed by atoms with E-state index in [1.165, 1.54) is 0 Å². The SMILES string of the molecule is CCCC(N)c1cn(-c2ccccc2COC)nn1. The normalized spacial score (nSPS) is 12.6. The monoisotopic (exact) mass is 260 g/mol. The fourth-order valence-electron chi connectivity index (χ4n) is 2.04. The van der Waals surface area contributed by atoms with Crippen LogP contribution in [0.3, 0.4) is 0 Å². The Hall–Kier alpha value is -1.72. The lowest BCUT2D eigenvalue weighted by molar-refractivity contribution is 0.184. The van der Waals surface area contributed by atoms with Crippen LogP contribution in [0.2, 0.25) is 0 Å². The summed E-state index contributed by atoms with van der Waals surface area (Å²) >= 11 is 0. The van der Waals surface area contributed by atoms with E-state index in [0.29, 0.717) is 6.61 Å². The summed E-state index contributed by atoms with van der Waals surface area (Å²) in [6.45, 7) is 2.66. The van der Waals surface area contributed by atoms with Crippen LogP contribution in [-0.2, 0) is 11.3 Å². The number of aromatic nitrogens is 3. The lowest BCUT2D eigenvalue weighted by Gasteiger charge is -2.08. The molecule has 2 aromatic rings. The molecule has 0 amide bonds. The molecule has 0 aliphatic rings. The molecule has 1 aromatic heterocycles. The summed E-state index contributed by atoms with van der Waals surface area (Å²) in [5.41, 5.74) is 8.93. The van der Waals surface area contributed by atoms with Crippen LogP contribution >= 0.6 is 0 Å². The number of hydrogen-bond acceptors (Lipinski definition) is 4. The number of nitrogens with zero attached hydrogens (tertiary/aromatic N) is 3. The highest BCUT2D eigenvalue weighted by Gasteiger charge is 2.12. The van der Waals surface area contributed by atoms with E-state index in [0.717, 1.165) is 29.8 Å². The van der Waals surface area contributed by atoms with Crippen molar-refractivity contribution in [2.45, 2.75) is 32.4 Å². The number of para-hydroxylation sites is 1. The van der Waals surface area contributed by atoms with Gasteiger partial charge in [-0.15, -0.1) is 5.10 Å². The molecule has 0 radical (unpaired) electrons. The molecule has 0 aliphatic carbocycles. The minimum Gasteiger partial charge on any atom is -0.380 e. The van der Waals surface area contributed by atoms with Gasteiger partial charge in [-0.1, -0.05) is 36.8 Å². The molecular weight excluding hydrogens is 240 g/mol. The highest BCUT2D eigenvalue weighted by molar-refractivity contribution is 5.39. The van der Waals surface area contributed by atoms with Gasteiger partial charge in [0.2, 0.25) is 0 Å². The van der Waals surface area contributed by atoms with Crippen LogP contribution in [0.15, 0.2) is 30.5 Å². The number of benzene rings is 1. The Kier molecular flexibility index (Phi) is 4.65. The Balaban J connectivity index is 2.27. The Labute approximate surface area is 113 Å². The third kappa shape index (κ3) is 3.19. The van der Waals surface area contributed by atoms with Gasteiger partial charge in [-0.3, -0.25) is 0 Å². The lowest BCUT2D eigenvalue weighted by Crippen LogP contribution is -2.10. The van der Waals surface area contributed by atoms with E-state index >= 15 is 0 Å². The van der Waals surface area contributed by atoms with Gasteiger partial charge in [0.1, 0.15) is 0 Å². The Morgan fingerprint density at radius 3 is 2.89 bits per heavy atom. The first-order chi connectivity index (χ1) is 9.26. The van der Waals surface area contributed by atoms with Crippen LogP contribution in [0.25, 0.3) is 5.69 Å². The van der Waals surface area contributed by atoms with Crippen molar-refractivity contribution in [1.82, 2.24) is 15.0 Å². The number of methoxy groups -OCH3 is 1. The summed E-state index contributed by atoms with van der Waals surface area (Å²) in [6, 6.07) is 7.93. The number of ether oxygens (including phenoxy) is 1. The average Bonchev–Trinajstić information content (AvgIpc) is 2.90. The minimum atomic E-state index is -0.0478. The molecule has 5 heteroatoms. The van der Waals surface area contributed by atoms with Crippen molar-refractivity contribution in [3.8, 4) is 5.69 Å². The minimum absolute atomic E-state index is 0.0478. The fourth-order valence-corrected chi connectivity index (χ4v) is 2.04. The van der Waals surface area contributed by atoms with Gasteiger partial charge in [-0.2, -0.15) is 0 Å². The van der Waals surface area contributed by atoms with Gasteiger partial charge in [0.25, 0.3) is 0 Å². The van der Waals surface area contributed by atoms with Crippen molar-refractivity contribution in [2.75, 3.05) is 7.11 Å². The third-order valence-corrected chi connectivity index (χ3v) is 3.03. The molecule has 0 spiro atoms. The number of nitrogens with two attached hydrogens (primary N) is 1. The molecule has 19 heavy (non-hydrogen) atoms. The highest BCUT2D eigenvalue weighted by Crippen LogP contribution is 2.17. The van der Waals surface area contributed by atoms with Crippen molar-refractivity contribution >= 4 is 0 Å². The predicted octanol–water partition coefficient (Wildman–Crippen LogP) is 2.21. The molecule has 2 N–H and O–H groups in total. The van der Waals surface area contributed by atoms with E-state index < -0.39 is 0 Å². The average molecular weight is 260 g/mol. The Bertz CT molecular complexity index is 524. The zero-order chi connectivity index (χ0) is 13.7. The van der Waals surface area contributed by atoms with Gasteiger partial charge < -0.3 is 10.5 Å². The second-order valence-corrected chi connectivity index (χ2v) is 4.54. The smallest absolute Gasteiger partial charge is 0.0998 e. The molecule has 1 aromatic carbocycles. The first-order valence-electron chi connectivity index (χ1n) is 6.51. The molecule has 1 unspecified atom stereocenters. The second-order valence-electron chi connectivity index (χ2n) is 4.54. The van der Waals surface area contributed by atoms with Crippen LogP contribution in [0.5, 0.6) is 0 Å². The van der Waals surface area contributed by atoms with E-state index in [1.807, 2.05) is 30.5 Å². The van der Waals surface area contributed by atoms with Crippen molar-refractivity contribution in [1.29, 1.82) is 0 Å². The Morgan fingerprint density at radius 2 is 2.16 bits per heavy atom. The van der Waals surface area contributed by atoms with E-state index in [4.69, 9.17) is 10.5 Å². The first kappa shape index (κ1) is 13.7.